The largest absolute Gasteiger partial charge is 0.493 e. The summed E-state index contributed by atoms with van der Waals surface area (Å²) in [6.45, 7) is 2.38. The minimum absolute atomic E-state index is 0.0499. The minimum atomic E-state index is -0.538. The van der Waals surface area contributed by atoms with E-state index in [1.807, 2.05) is 13.0 Å². The molecule has 0 radical (unpaired) electrons. The van der Waals surface area contributed by atoms with Crippen molar-refractivity contribution in [2.45, 2.75) is 6.92 Å². The third-order valence-corrected chi connectivity index (χ3v) is 3.62. The number of hydrogen-bond donors (Lipinski definition) is 1. The Labute approximate surface area is 151 Å². The Balaban J connectivity index is 2.26. The molecule has 0 saturated carbocycles. The Morgan fingerprint density at radius 1 is 1.28 bits per heavy atom. The van der Waals surface area contributed by atoms with Crippen LogP contribution in [0.4, 0.5) is 5.69 Å². The van der Waals surface area contributed by atoms with E-state index in [0.717, 1.165) is 0 Å². The Morgan fingerprint density at radius 3 is 2.68 bits per heavy atom. The molecule has 0 saturated heterocycles. The maximum absolute atomic E-state index is 12.3. The normalized spacial score (nSPS) is 10.7. The van der Waals surface area contributed by atoms with Crippen LogP contribution in [0.15, 0.2) is 48.0 Å². The average molecular weight is 357 g/mol. The van der Waals surface area contributed by atoms with Gasteiger partial charge in [-0.3, -0.25) is 4.79 Å². The number of anilines is 1. The van der Waals surface area contributed by atoms with Gasteiger partial charge in [-0.15, -0.1) is 0 Å². The first kappa shape index (κ1) is 18.4. The summed E-state index contributed by atoms with van der Waals surface area (Å²) in [5, 5.41) is 12.3. The topological polar surface area (TPSA) is 71.3 Å². The van der Waals surface area contributed by atoms with Gasteiger partial charge in [-0.25, -0.2) is 0 Å². The van der Waals surface area contributed by atoms with Gasteiger partial charge in [-0.05, 0) is 42.8 Å². The van der Waals surface area contributed by atoms with Crippen molar-refractivity contribution in [3.05, 3.63) is 58.6 Å². The Bertz CT molecular complexity index is 841. The van der Waals surface area contributed by atoms with Gasteiger partial charge in [0.2, 0.25) is 0 Å². The number of carbonyl (C=O) groups excluding carboxylic acids is 1. The zero-order chi connectivity index (χ0) is 18.2. The lowest BCUT2D eigenvalue weighted by atomic mass is 10.1. The fraction of sp³-hybridized carbons (Fsp3) is 0.158. The molecule has 5 nitrogen and oxygen atoms in total. The average Bonchev–Trinajstić information content (AvgIpc) is 2.62. The molecule has 1 N–H and O–H groups in total. The maximum Gasteiger partial charge on any atom is 0.266 e. The van der Waals surface area contributed by atoms with Crippen LogP contribution in [0.2, 0.25) is 5.02 Å². The van der Waals surface area contributed by atoms with Crippen molar-refractivity contribution < 1.29 is 14.3 Å². The molecule has 0 bridgehead atoms. The van der Waals surface area contributed by atoms with Crippen molar-refractivity contribution >= 4 is 29.3 Å². The second-order valence-electron chi connectivity index (χ2n) is 4.95. The van der Waals surface area contributed by atoms with Crippen LogP contribution in [-0.4, -0.2) is 19.6 Å². The maximum atomic E-state index is 12.3. The lowest BCUT2D eigenvalue weighted by Gasteiger charge is -2.10. The van der Waals surface area contributed by atoms with E-state index in [1.165, 1.54) is 13.2 Å². The zero-order valence-corrected chi connectivity index (χ0v) is 14.6. The monoisotopic (exact) mass is 356 g/mol. The summed E-state index contributed by atoms with van der Waals surface area (Å²) in [6, 6.07) is 13.9. The van der Waals surface area contributed by atoms with Gasteiger partial charge >= 0.3 is 0 Å². The van der Waals surface area contributed by atoms with E-state index < -0.39 is 5.91 Å². The second-order valence-corrected chi connectivity index (χ2v) is 5.35. The fourth-order valence-corrected chi connectivity index (χ4v) is 2.30. The van der Waals surface area contributed by atoms with Crippen molar-refractivity contribution in [3.63, 3.8) is 0 Å². The first-order valence-corrected chi connectivity index (χ1v) is 7.95. The Kier molecular flexibility index (Phi) is 6.44. The second kappa shape index (κ2) is 8.76. The zero-order valence-electron chi connectivity index (χ0n) is 13.9. The number of benzene rings is 2. The fourth-order valence-electron chi connectivity index (χ4n) is 2.12. The number of ether oxygens (including phenoxy) is 2. The number of nitrogens with one attached hydrogen (secondary N) is 1. The number of rotatable bonds is 6. The molecule has 2 aromatic rings. The third kappa shape index (κ3) is 4.75. The molecule has 0 aliphatic rings. The first-order chi connectivity index (χ1) is 12.1. The van der Waals surface area contributed by atoms with Gasteiger partial charge in [0.15, 0.2) is 11.5 Å². The van der Waals surface area contributed by atoms with Crippen molar-refractivity contribution in [1.29, 1.82) is 5.26 Å². The third-order valence-electron chi connectivity index (χ3n) is 3.29. The Morgan fingerprint density at radius 2 is 2.04 bits per heavy atom. The van der Waals surface area contributed by atoms with Crippen LogP contribution in [0.25, 0.3) is 6.08 Å². The van der Waals surface area contributed by atoms with Crippen LogP contribution in [-0.2, 0) is 4.79 Å². The molecule has 1 amide bonds. The van der Waals surface area contributed by atoms with Crippen LogP contribution in [0.5, 0.6) is 11.5 Å². The SMILES string of the molecule is CCOc1ccc(/C=C(\C#N)C(=O)Nc2ccccc2Cl)cc1OC. The summed E-state index contributed by atoms with van der Waals surface area (Å²) in [6.07, 6.45) is 1.48. The molecule has 6 heteroatoms. The summed E-state index contributed by atoms with van der Waals surface area (Å²) in [5.41, 5.74) is 1.04. The number of carbonyl (C=O) groups is 1. The van der Waals surface area contributed by atoms with E-state index in [1.54, 1.807) is 42.5 Å². The highest BCUT2D eigenvalue weighted by Crippen LogP contribution is 2.29. The summed E-state index contributed by atoms with van der Waals surface area (Å²) >= 11 is 6.02. The van der Waals surface area contributed by atoms with E-state index in [0.29, 0.717) is 34.4 Å². The molecule has 2 rings (SSSR count). The standard InChI is InChI=1S/C19H17ClN2O3/c1-3-25-17-9-8-13(11-18(17)24-2)10-14(12-21)19(23)22-16-7-5-4-6-15(16)20/h4-11H,3H2,1-2H3,(H,22,23)/b14-10+. The molecule has 0 fully saturated rings. The summed E-state index contributed by atoms with van der Waals surface area (Å²) in [7, 11) is 1.53. The number of nitriles is 1. The molecular formula is C19H17ClN2O3. The molecule has 0 aromatic heterocycles. The van der Waals surface area contributed by atoms with Gasteiger partial charge in [0.1, 0.15) is 11.6 Å². The van der Waals surface area contributed by atoms with Crippen LogP contribution in [0.1, 0.15) is 12.5 Å². The molecule has 0 aliphatic carbocycles. The van der Waals surface area contributed by atoms with E-state index >= 15 is 0 Å². The smallest absolute Gasteiger partial charge is 0.266 e. The summed E-state index contributed by atoms with van der Waals surface area (Å²) in [5.74, 6) is 0.587. The number of methoxy groups -OCH3 is 1. The molecule has 0 unspecified atom stereocenters. The minimum Gasteiger partial charge on any atom is -0.493 e. The van der Waals surface area contributed by atoms with E-state index in [9.17, 15) is 10.1 Å². The van der Waals surface area contributed by atoms with Crippen LogP contribution in [0, 0.1) is 11.3 Å². The first-order valence-electron chi connectivity index (χ1n) is 7.57. The molecule has 0 heterocycles. The van der Waals surface area contributed by atoms with E-state index in [-0.39, 0.29) is 5.57 Å². The van der Waals surface area contributed by atoms with Gasteiger partial charge < -0.3 is 14.8 Å². The Hall–Kier alpha value is -2.97. The molecular weight excluding hydrogens is 340 g/mol. The number of nitrogens with zero attached hydrogens (tertiary/aromatic N) is 1. The van der Waals surface area contributed by atoms with Gasteiger partial charge in [0.25, 0.3) is 5.91 Å². The van der Waals surface area contributed by atoms with Crippen LogP contribution in [0.3, 0.4) is 0 Å². The van der Waals surface area contributed by atoms with Gasteiger partial charge in [-0.1, -0.05) is 29.8 Å². The lowest BCUT2D eigenvalue weighted by Crippen LogP contribution is -2.13. The molecule has 128 valence electrons. The predicted molar refractivity (Wildman–Crippen MR) is 97.8 cm³/mol. The molecule has 25 heavy (non-hydrogen) atoms. The number of hydrogen-bond acceptors (Lipinski definition) is 4. The van der Waals surface area contributed by atoms with Crippen LogP contribution < -0.4 is 14.8 Å². The molecule has 0 spiro atoms. The van der Waals surface area contributed by atoms with Crippen molar-refractivity contribution in [3.8, 4) is 17.6 Å². The van der Waals surface area contributed by atoms with Crippen molar-refractivity contribution in [2.75, 3.05) is 19.0 Å². The number of para-hydroxylation sites is 1. The van der Waals surface area contributed by atoms with Gasteiger partial charge in [0.05, 0.1) is 24.4 Å². The quantitative estimate of drug-likeness (QED) is 0.619. The number of halogens is 1. The summed E-state index contributed by atoms with van der Waals surface area (Å²) in [4.78, 5) is 12.3. The van der Waals surface area contributed by atoms with Crippen LogP contribution >= 0.6 is 11.6 Å². The lowest BCUT2D eigenvalue weighted by molar-refractivity contribution is -0.112. The van der Waals surface area contributed by atoms with E-state index in [2.05, 4.69) is 5.32 Å². The van der Waals surface area contributed by atoms with Crippen molar-refractivity contribution in [1.82, 2.24) is 0 Å². The molecule has 0 aliphatic heterocycles. The highest BCUT2D eigenvalue weighted by atomic mass is 35.5. The van der Waals surface area contributed by atoms with Gasteiger partial charge in [-0.2, -0.15) is 5.26 Å². The van der Waals surface area contributed by atoms with Gasteiger partial charge in [0, 0.05) is 0 Å². The highest BCUT2D eigenvalue weighted by Gasteiger charge is 2.12. The number of amides is 1. The molecule has 2 aromatic carbocycles. The predicted octanol–water partition coefficient (Wildman–Crippen LogP) is 4.29. The van der Waals surface area contributed by atoms with Crippen molar-refractivity contribution in [2.24, 2.45) is 0 Å². The molecule has 0 atom stereocenters. The van der Waals surface area contributed by atoms with E-state index in [4.69, 9.17) is 21.1 Å². The highest BCUT2D eigenvalue weighted by molar-refractivity contribution is 6.34. The summed E-state index contributed by atoms with van der Waals surface area (Å²) < 4.78 is 10.7.